The zero-order valence-corrected chi connectivity index (χ0v) is 19.8. The molecule has 0 fully saturated rings. The third-order valence-corrected chi connectivity index (χ3v) is 4.99. The van der Waals surface area contributed by atoms with Gasteiger partial charge in [-0.25, -0.2) is 0 Å². The first-order valence-electron chi connectivity index (χ1n) is 11.9. The summed E-state index contributed by atoms with van der Waals surface area (Å²) in [6, 6.07) is 3.91. The topological polar surface area (TPSA) is 89.0 Å². The highest BCUT2D eigenvalue weighted by Gasteiger charge is 2.05. The van der Waals surface area contributed by atoms with E-state index in [0.29, 0.717) is 19.8 Å². The second-order valence-corrected chi connectivity index (χ2v) is 7.96. The number of aryl methyl sites for hydroxylation is 1. The molecule has 0 aliphatic carbocycles. The maximum absolute atomic E-state index is 5.72. The number of unbranched alkanes of at least 4 members (excludes halogenated alkanes) is 5. The van der Waals surface area contributed by atoms with Gasteiger partial charge in [-0.3, -0.25) is 0 Å². The van der Waals surface area contributed by atoms with Crippen molar-refractivity contribution >= 4 is 0 Å². The third kappa shape index (κ3) is 13.0. The number of hydrogen-bond donors (Lipinski definition) is 0. The number of nitrogens with zero attached hydrogens (tertiary/aromatic N) is 2. The summed E-state index contributed by atoms with van der Waals surface area (Å²) in [5, 5.41) is 8.02. The molecule has 0 N–H and O–H groups in total. The van der Waals surface area contributed by atoms with E-state index in [4.69, 9.17) is 28.0 Å². The van der Waals surface area contributed by atoms with Crippen molar-refractivity contribution in [3.8, 4) is 0 Å². The summed E-state index contributed by atoms with van der Waals surface area (Å²) in [6.45, 7) is 6.88. The van der Waals surface area contributed by atoms with Crippen LogP contribution in [-0.2, 0) is 38.4 Å². The Morgan fingerprint density at radius 1 is 0.656 bits per heavy atom. The predicted molar refractivity (Wildman–Crippen MR) is 121 cm³/mol. The second-order valence-electron chi connectivity index (χ2n) is 7.96. The Balaban J connectivity index is 1.34. The lowest BCUT2D eigenvalue weighted by atomic mass is 10.2. The average Bonchev–Trinajstić information content (AvgIpc) is 3.42. The highest BCUT2D eigenvalue weighted by molar-refractivity contribution is 5.05. The van der Waals surface area contributed by atoms with Crippen LogP contribution in [0.4, 0.5) is 0 Å². The standard InChI is InChI=1S/C24H40N2O6/c1-21-18-23(26-31-21)20-30-15-8-4-3-7-13-29-17-11-24-19-22(25-32-24)10-16-28-14-9-5-6-12-27-2/h18-19H,3-17,20H2,1-2H3. The van der Waals surface area contributed by atoms with Gasteiger partial charge < -0.3 is 28.0 Å². The van der Waals surface area contributed by atoms with Gasteiger partial charge in [0, 0.05) is 58.5 Å². The second kappa shape index (κ2) is 17.8. The zero-order valence-electron chi connectivity index (χ0n) is 19.8. The van der Waals surface area contributed by atoms with Crippen LogP contribution in [-0.4, -0.2) is 57.1 Å². The highest BCUT2D eigenvalue weighted by atomic mass is 16.5. The van der Waals surface area contributed by atoms with Crippen molar-refractivity contribution in [1.29, 1.82) is 0 Å². The SMILES string of the molecule is COCCCCCOCCc1cc(CCOCCCCCCOCc2cc(C)on2)on1. The van der Waals surface area contributed by atoms with Crippen LogP contribution < -0.4 is 0 Å². The Morgan fingerprint density at radius 3 is 1.97 bits per heavy atom. The number of ether oxygens (including phenoxy) is 4. The van der Waals surface area contributed by atoms with Gasteiger partial charge in [0.15, 0.2) is 0 Å². The van der Waals surface area contributed by atoms with Crippen molar-refractivity contribution in [2.24, 2.45) is 0 Å². The maximum Gasteiger partial charge on any atom is 0.139 e. The van der Waals surface area contributed by atoms with E-state index in [2.05, 4.69) is 10.3 Å². The van der Waals surface area contributed by atoms with Crippen LogP contribution in [0.25, 0.3) is 0 Å². The Hall–Kier alpha value is -1.74. The molecule has 2 aromatic heterocycles. The van der Waals surface area contributed by atoms with E-state index in [9.17, 15) is 0 Å². The minimum absolute atomic E-state index is 0.520. The van der Waals surface area contributed by atoms with Crippen molar-refractivity contribution in [1.82, 2.24) is 10.3 Å². The Morgan fingerprint density at radius 2 is 1.28 bits per heavy atom. The smallest absolute Gasteiger partial charge is 0.139 e. The molecule has 0 spiro atoms. The first-order chi connectivity index (χ1) is 15.8. The van der Waals surface area contributed by atoms with Crippen LogP contribution in [0.2, 0.25) is 0 Å². The predicted octanol–water partition coefficient (Wildman–Crippen LogP) is 4.68. The number of rotatable bonds is 21. The first kappa shape index (κ1) is 26.5. The number of aromatic nitrogens is 2. The molecule has 0 bridgehead atoms. The Labute approximate surface area is 191 Å². The average molecular weight is 453 g/mol. The Kier molecular flexibility index (Phi) is 14.7. The summed E-state index contributed by atoms with van der Waals surface area (Å²) in [4.78, 5) is 0. The summed E-state index contributed by atoms with van der Waals surface area (Å²) in [7, 11) is 1.74. The number of hydrogen-bond acceptors (Lipinski definition) is 8. The summed E-state index contributed by atoms with van der Waals surface area (Å²) in [6.07, 6.45) is 9.24. The van der Waals surface area contributed by atoms with E-state index in [1.165, 1.54) is 0 Å². The largest absolute Gasteiger partial charge is 0.385 e. The van der Waals surface area contributed by atoms with Crippen LogP contribution in [0.1, 0.15) is 67.9 Å². The minimum Gasteiger partial charge on any atom is -0.385 e. The first-order valence-corrected chi connectivity index (χ1v) is 11.9. The van der Waals surface area contributed by atoms with Gasteiger partial charge in [-0.2, -0.15) is 0 Å². The van der Waals surface area contributed by atoms with Crippen molar-refractivity contribution in [3.63, 3.8) is 0 Å². The van der Waals surface area contributed by atoms with Gasteiger partial charge >= 0.3 is 0 Å². The quantitative estimate of drug-likeness (QED) is 0.252. The fourth-order valence-corrected chi connectivity index (χ4v) is 3.20. The van der Waals surface area contributed by atoms with Gasteiger partial charge in [0.25, 0.3) is 0 Å². The molecule has 0 saturated carbocycles. The molecule has 182 valence electrons. The van der Waals surface area contributed by atoms with Crippen LogP contribution >= 0.6 is 0 Å². The fraction of sp³-hybridized carbons (Fsp3) is 0.750. The maximum atomic E-state index is 5.72. The molecule has 0 saturated heterocycles. The molecule has 0 atom stereocenters. The minimum atomic E-state index is 0.520. The molecular weight excluding hydrogens is 412 g/mol. The summed E-state index contributed by atoms with van der Waals surface area (Å²) in [5.41, 5.74) is 1.80. The molecule has 2 rings (SSSR count). The zero-order chi connectivity index (χ0) is 22.7. The molecule has 8 heteroatoms. The van der Waals surface area contributed by atoms with Gasteiger partial charge in [0.05, 0.1) is 25.5 Å². The third-order valence-electron chi connectivity index (χ3n) is 4.99. The van der Waals surface area contributed by atoms with E-state index in [-0.39, 0.29) is 0 Å². The van der Waals surface area contributed by atoms with Gasteiger partial charge in [0.2, 0.25) is 0 Å². The molecule has 0 aliphatic rings. The van der Waals surface area contributed by atoms with Gasteiger partial charge in [-0.1, -0.05) is 23.2 Å². The summed E-state index contributed by atoms with van der Waals surface area (Å²) in [5.74, 6) is 1.69. The van der Waals surface area contributed by atoms with Crippen LogP contribution in [0, 0.1) is 6.92 Å². The lowest BCUT2D eigenvalue weighted by molar-refractivity contribution is 0.108. The molecule has 2 aromatic rings. The molecule has 0 radical (unpaired) electrons. The normalized spacial score (nSPS) is 11.4. The van der Waals surface area contributed by atoms with Gasteiger partial charge in [0.1, 0.15) is 17.2 Å². The molecule has 0 aliphatic heterocycles. The van der Waals surface area contributed by atoms with E-state index < -0.39 is 0 Å². The van der Waals surface area contributed by atoms with Crippen molar-refractivity contribution in [3.05, 3.63) is 35.0 Å². The van der Waals surface area contributed by atoms with Crippen LogP contribution in [0.15, 0.2) is 21.2 Å². The van der Waals surface area contributed by atoms with Crippen LogP contribution in [0.3, 0.4) is 0 Å². The van der Waals surface area contributed by atoms with Crippen molar-refractivity contribution in [2.75, 3.05) is 46.8 Å². The number of methoxy groups -OCH3 is 1. The van der Waals surface area contributed by atoms with Crippen LogP contribution in [0.5, 0.6) is 0 Å². The van der Waals surface area contributed by atoms with E-state index >= 15 is 0 Å². The van der Waals surface area contributed by atoms with Gasteiger partial charge in [-0.05, 0) is 39.0 Å². The van der Waals surface area contributed by atoms with Gasteiger partial charge in [-0.15, -0.1) is 0 Å². The molecule has 0 aromatic carbocycles. The molecular formula is C24H40N2O6. The lowest BCUT2D eigenvalue weighted by Crippen LogP contribution is -2.01. The Bertz CT molecular complexity index is 688. The molecule has 2 heterocycles. The van der Waals surface area contributed by atoms with Crippen molar-refractivity contribution in [2.45, 2.75) is 71.3 Å². The molecule has 0 amide bonds. The lowest BCUT2D eigenvalue weighted by Gasteiger charge is -2.04. The summed E-state index contributed by atoms with van der Waals surface area (Å²) >= 11 is 0. The summed E-state index contributed by atoms with van der Waals surface area (Å²) < 4.78 is 32.4. The molecule has 0 unspecified atom stereocenters. The molecule has 32 heavy (non-hydrogen) atoms. The van der Waals surface area contributed by atoms with Crippen molar-refractivity contribution < 1.29 is 28.0 Å². The van der Waals surface area contributed by atoms with E-state index in [0.717, 1.165) is 107 Å². The fourth-order valence-electron chi connectivity index (χ4n) is 3.20. The van der Waals surface area contributed by atoms with E-state index in [1.54, 1.807) is 7.11 Å². The highest BCUT2D eigenvalue weighted by Crippen LogP contribution is 2.08. The molecule has 8 nitrogen and oxygen atoms in total. The van der Waals surface area contributed by atoms with E-state index in [1.807, 2.05) is 19.1 Å². The monoisotopic (exact) mass is 452 g/mol.